The zero-order valence-electron chi connectivity index (χ0n) is 8.06. The van der Waals surface area contributed by atoms with E-state index in [2.05, 4.69) is 32.9 Å². The van der Waals surface area contributed by atoms with Gasteiger partial charge in [-0.15, -0.1) is 0 Å². The minimum Gasteiger partial charge on any atom is -0.0880 e. The van der Waals surface area contributed by atoms with E-state index < -0.39 is 0 Å². The molecule has 0 saturated heterocycles. The highest BCUT2D eigenvalue weighted by molar-refractivity contribution is 5.04. The minimum absolute atomic E-state index is 0.540. The van der Waals surface area contributed by atoms with Crippen molar-refractivity contribution in [3.63, 3.8) is 0 Å². The summed E-state index contributed by atoms with van der Waals surface area (Å²) in [7, 11) is 0. The van der Waals surface area contributed by atoms with E-state index in [1.165, 1.54) is 25.7 Å². The smallest absolute Gasteiger partial charge is 0.00977 e. The third kappa shape index (κ3) is 1.66. The van der Waals surface area contributed by atoms with Crippen molar-refractivity contribution in [3.8, 4) is 0 Å². The summed E-state index contributed by atoms with van der Waals surface area (Å²) in [5.74, 6) is 0.809. The van der Waals surface area contributed by atoms with E-state index in [4.69, 9.17) is 0 Å². The van der Waals surface area contributed by atoms with Crippen molar-refractivity contribution in [1.82, 2.24) is 0 Å². The Hall–Kier alpha value is -0.260. The maximum absolute atomic E-state index is 2.46. The molecule has 11 heavy (non-hydrogen) atoms. The predicted octanol–water partition coefficient (Wildman–Crippen LogP) is 3.78. The van der Waals surface area contributed by atoms with Gasteiger partial charge in [-0.1, -0.05) is 32.9 Å². The summed E-state index contributed by atoms with van der Waals surface area (Å²) in [5.41, 5.74) is 0.540. The van der Waals surface area contributed by atoms with Gasteiger partial charge in [0.15, 0.2) is 0 Å². The molecule has 0 aromatic rings. The lowest BCUT2D eigenvalue weighted by atomic mass is 9.69. The van der Waals surface area contributed by atoms with Crippen LogP contribution in [0.1, 0.15) is 46.5 Å². The number of hydrogen-bond acceptors (Lipinski definition) is 0. The van der Waals surface area contributed by atoms with Crippen molar-refractivity contribution < 1.29 is 0 Å². The third-order valence-electron chi connectivity index (χ3n) is 3.27. The Balaban J connectivity index is 2.73. The standard InChI is InChI=1S/C11H20/c1-4-11(10(2)3)8-6-5-7-9-11/h6,8,10H,4-5,7,9H2,1-3H3. The molecule has 0 amide bonds. The Kier molecular flexibility index (Phi) is 2.75. The van der Waals surface area contributed by atoms with Crippen molar-refractivity contribution in [3.05, 3.63) is 12.2 Å². The van der Waals surface area contributed by atoms with Crippen LogP contribution in [0.3, 0.4) is 0 Å². The van der Waals surface area contributed by atoms with Crippen LogP contribution in [-0.4, -0.2) is 0 Å². The Bertz CT molecular complexity index is 144. The van der Waals surface area contributed by atoms with Crippen LogP contribution in [0.5, 0.6) is 0 Å². The highest BCUT2D eigenvalue weighted by Crippen LogP contribution is 2.40. The molecule has 1 atom stereocenters. The topological polar surface area (TPSA) is 0 Å². The van der Waals surface area contributed by atoms with Crippen LogP contribution in [0.4, 0.5) is 0 Å². The van der Waals surface area contributed by atoms with Crippen LogP contribution in [0, 0.1) is 11.3 Å². The van der Waals surface area contributed by atoms with Gasteiger partial charge in [0.25, 0.3) is 0 Å². The van der Waals surface area contributed by atoms with Crippen LogP contribution in [0.2, 0.25) is 0 Å². The molecule has 64 valence electrons. The molecule has 0 spiro atoms. The molecule has 1 unspecified atom stereocenters. The summed E-state index contributed by atoms with van der Waals surface area (Å²) in [4.78, 5) is 0. The average Bonchev–Trinajstić information content (AvgIpc) is 2.05. The summed E-state index contributed by atoms with van der Waals surface area (Å²) < 4.78 is 0. The first kappa shape index (κ1) is 8.83. The lowest BCUT2D eigenvalue weighted by Crippen LogP contribution is -2.25. The van der Waals surface area contributed by atoms with Crippen molar-refractivity contribution in [2.45, 2.75) is 46.5 Å². The number of rotatable bonds is 2. The molecule has 0 bridgehead atoms. The molecule has 0 N–H and O–H groups in total. The monoisotopic (exact) mass is 152 g/mol. The van der Waals surface area contributed by atoms with Crippen LogP contribution >= 0.6 is 0 Å². The Morgan fingerprint density at radius 2 is 2.18 bits per heavy atom. The highest BCUT2D eigenvalue weighted by Gasteiger charge is 2.29. The van der Waals surface area contributed by atoms with E-state index >= 15 is 0 Å². The molecule has 0 fully saturated rings. The van der Waals surface area contributed by atoms with Gasteiger partial charge in [-0.05, 0) is 37.0 Å². The van der Waals surface area contributed by atoms with E-state index in [0.717, 1.165) is 5.92 Å². The van der Waals surface area contributed by atoms with Gasteiger partial charge in [0.2, 0.25) is 0 Å². The summed E-state index contributed by atoms with van der Waals surface area (Å²) in [6.07, 6.45) is 10.2. The van der Waals surface area contributed by atoms with E-state index in [-0.39, 0.29) is 0 Å². The quantitative estimate of drug-likeness (QED) is 0.528. The molecule has 0 aliphatic heterocycles. The van der Waals surface area contributed by atoms with Gasteiger partial charge in [-0.3, -0.25) is 0 Å². The predicted molar refractivity (Wildman–Crippen MR) is 50.6 cm³/mol. The summed E-state index contributed by atoms with van der Waals surface area (Å²) in [5, 5.41) is 0. The van der Waals surface area contributed by atoms with Crippen LogP contribution in [-0.2, 0) is 0 Å². The summed E-state index contributed by atoms with van der Waals surface area (Å²) in [6.45, 7) is 7.01. The molecular formula is C11H20. The van der Waals surface area contributed by atoms with E-state index in [1.807, 2.05) is 0 Å². The first-order chi connectivity index (χ1) is 5.21. The van der Waals surface area contributed by atoms with E-state index in [0.29, 0.717) is 5.41 Å². The van der Waals surface area contributed by atoms with Crippen LogP contribution in [0.15, 0.2) is 12.2 Å². The summed E-state index contributed by atoms with van der Waals surface area (Å²) in [6, 6.07) is 0. The highest BCUT2D eigenvalue weighted by atomic mass is 14.3. The average molecular weight is 152 g/mol. The Morgan fingerprint density at radius 1 is 1.45 bits per heavy atom. The Morgan fingerprint density at radius 3 is 2.45 bits per heavy atom. The molecule has 0 aromatic carbocycles. The van der Waals surface area contributed by atoms with E-state index in [1.54, 1.807) is 0 Å². The lowest BCUT2D eigenvalue weighted by molar-refractivity contribution is 0.220. The molecule has 0 nitrogen and oxygen atoms in total. The van der Waals surface area contributed by atoms with Crippen LogP contribution < -0.4 is 0 Å². The third-order valence-corrected chi connectivity index (χ3v) is 3.27. The van der Waals surface area contributed by atoms with Gasteiger partial charge in [0.05, 0.1) is 0 Å². The van der Waals surface area contributed by atoms with Gasteiger partial charge in [-0.2, -0.15) is 0 Å². The number of allylic oxidation sites excluding steroid dienone is 2. The van der Waals surface area contributed by atoms with Gasteiger partial charge in [0.1, 0.15) is 0 Å². The molecule has 0 heteroatoms. The molecule has 0 radical (unpaired) electrons. The van der Waals surface area contributed by atoms with Crippen LogP contribution in [0.25, 0.3) is 0 Å². The second-order valence-electron chi connectivity index (χ2n) is 4.04. The fourth-order valence-electron chi connectivity index (χ4n) is 2.13. The van der Waals surface area contributed by atoms with Gasteiger partial charge in [0, 0.05) is 0 Å². The first-order valence-corrected chi connectivity index (χ1v) is 4.89. The molecule has 0 heterocycles. The van der Waals surface area contributed by atoms with Crippen molar-refractivity contribution in [2.24, 2.45) is 11.3 Å². The zero-order chi connectivity index (χ0) is 8.32. The fourth-order valence-corrected chi connectivity index (χ4v) is 2.13. The molecule has 0 aromatic heterocycles. The Labute approximate surface area is 70.7 Å². The lowest BCUT2D eigenvalue weighted by Gasteiger charge is -2.36. The first-order valence-electron chi connectivity index (χ1n) is 4.89. The molecule has 1 aliphatic rings. The van der Waals surface area contributed by atoms with Gasteiger partial charge in [-0.25, -0.2) is 0 Å². The maximum atomic E-state index is 2.46. The SMILES string of the molecule is CCC1(C(C)C)C=CCCC1. The molecular weight excluding hydrogens is 132 g/mol. The molecule has 1 aliphatic carbocycles. The van der Waals surface area contributed by atoms with Crippen molar-refractivity contribution >= 4 is 0 Å². The number of hydrogen-bond donors (Lipinski definition) is 0. The van der Waals surface area contributed by atoms with Crippen molar-refractivity contribution in [1.29, 1.82) is 0 Å². The maximum Gasteiger partial charge on any atom is -0.00977 e. The largest absolute Gasteiger partial charge is 0.0880 e. The second-order valence-corrected chi connectivity index (χ2v) is 4.04. The van der Waals surface area contributed by atoms with Gasteiger partial charge >= 0.3 is 0 Å². The second kappa shape index (κ2) is 3.42. The van der Waals surface area contributed by atoms with E-state index in [9.17, 15) is 0 Å². The normalized spacial score (nSPS) is 31.3. The van der Waals surface area contributed by atoms with Gasteiger partial charge < -0.3 is 0 Å². The zero-order valence-corrected chi connectivity index (χ0v) is 8.06. The molecule has 1 rings (SSSR count). The summed E-state index contributed by atoms with van der Waals surface area (Å²) >= 11 is 0. The van der Waals surface area contributed by atoms with Crippen molar-refractivity contribution in [2.75, 3.05) is 0 Å². The molecule has 0 saturated carbocycles. The minimum atomic E-state index is 0.540. The fraction of sp³-hybridized carbons (Fsp3) is 0.818.